The van der Waals surface area contributed by atoms with Gasteiger partial charge in [-0.3, -0.25) is 0 Å². The molecule has 0 saturated carbocycles. The molecule has 1 fully saturated rings. The fourth-order valence-corrected chi connectivity index (χ4v) is 5.45. The van der Waals surface area contributed by atoms with Crippen molar-refractivity contribution in [3.05, 3.63) is 94.8 Å². The summed E-state index contributed by atoms with van der Waals surface area (Å²) in [7, 11) is 0. The highest BCUT2D eigenvalue weighted by Crippen LogP contribution is 2.36. The Morgan fingerprint density at radius 3 is 2.17 bits per heavy atom. The molecule has 4 aromatic rings. The number of aromatic nitrogens is 2. The van der Waals surface area contributed by atoms with Crippen LogP contribution in [0.1, 0.15) is 67.5 Å². The summed E-state index contributed by atoms with van der Waals surface area (Å²) in [6, 6.07) is 22.4. The third-order valence-corrected chi connectivity index (χ3v) is 7.75. The van der Waals surface area contributed by atoms with E-state index in [4.69, 9.17) is 4.98 Å². The first kappa shape index (κ1) is 25.3. The molecule has 1 saturated heterocycles. The SMILES string of the molecule is Cc1c(C)n(Cc2ccc(C(C)(C)C)cc2)c2c(N3CCC(c4ccccc4)CC3)nccc12.Cl. The summed E-state index contributed by atoms with van der Waals surface area (Å²) in [5.74, 6) is 1.79. The minimum Gasteiger partial charge on any atom is -0.355 e. The maximum Gasteiger partial charge on any atom is 0.153 e. The summed E-state index contributed by atoms with van der Waals surface area (Å²) >= 11 is 0. The molecule has 0 radical (unpaired) electrons. The zero-order valence-electron chi connectivity index (χ0n) is 21.7. The second-order valence-corrected chi connectivity index (χ2v) is 10.9. The van der Waals surface area contributed by atoms with Crippen LogP contribution in [0, 0.1) is 13.8 Å². The molecule has 3 nitrogen and oxygen atoms in total. The summed E-state index contributed by atoms with van der Waals surface area (Å²) in [6.07, 6.45) is 4.35. The lowest BCUT2D eigenvalue weighted by molar-refractivity contribution is 0.503. The van der Waals surface area contributed by atoms with Crippen LogP contribution in [-0.4, -0.2) is 22.6 Å². The maximum absolute atomic E-state index is 4.94. The van der Waals surface area contributed by atoms with Crippen LogP contribution in [0.4, 0.5) is 5.82 Å². The minimum absolute atomic E-state index is 0. The number of aryl methyl sites for hydroxylation is 1. The maximum atomic E-state index is 4.94. The van der Waals surface area contributed by atoms with E-state index in [-0.39, 0.29) is 17.8 Å². The van der Waals surface area contributed by atoms with Gasteiger partial charge in [-0.05, 0) is 66.3 Å². The molecule has 35 heavy (non-hydrogen) atoms. The molecule has 0 bridgehead atoms. The van der Waals surface area contributed by atoms with Gasteiger partial charge >= 0.3 is 0 Å². The Morgan fingerprint density at radius 1 is 0.886 bits per heavy atom. The molecule has 5 rings (SSSR count). The van der Waals surface area contributed by atoms with E-state index >= 15 is 0 Å². The molecule has 0 unspecified atom stereocenters. The summed E-state index contributed by atoms with van der Waals surface area (Å²) in [5, 5.41) is 1.33. The molecular formula is C31H38ClN3. The summed E-state index contributed by atoms with van der Waals surface area (Å²) in [4.78, 5) is 7.45. The van der Waals surface area contributed by atoms with Crippen LogP contribution in [0.2, 0.25) is 0 Å². The Kier molecular flexibility index (Phi) is 7.28. The van der Waals surface area contributed by atoms with Gasteiger partial charge in [0.05, 0.1) is 5.52 Å². The topological polar surface area (TPSA) is 21.1 Å². The van der Waals surface area contributed by atoms with E-state index in [9.17, 15) is 0 Å². The number of fused-ring (bicyclic) bond motifs is 1. The predicted molar refractivity (Wildman–Crippen MR) is 151 cm³/mol. The molecule has 1 aliphatic heterocycles. The van der Waals surface area contributed by atoms with Crippen LogP contribution < -0.4 is 4.90 Å². The van der Waals surface area contributed by atoms with Gasteiger partial charge in [0.1, 0.15) is 0 Å². The molecule has 1 aliphatic rings. The highest BCUT2D eigenvalue weighted by molar-refractivity contribution is 5.93. The van der Waals surface area contributed by atoms with E-state index in [0.29, 0.717) is 5.92 Å². The zero-order chi connectivity index (χ0) is 23.9. The summed E-state index contributed by atoms with van der Waals surface area (Å²) in [5.41, 5.74) is 8.36. The molecule has 2 aromatic heterocycles. The molecule has 0 atom stereocenters. The highest BCUT2D eigenvalue weighted by Gasteiger charge is 2.25. The van der Waals surface area contributed by atoms with Crippen molar-refractivity contribution in [1.29, 1.82) is 0 Å². The quantitative estimate of drug-likeness (QED) is 0.292. The standard InChI is InChI=1S/C31H37N3.ClH/c1-22-23(2)34(21-24-11-13-27(14-12-24)31(3,4)5)29-28(22)15-18-32-30(29)33-19-16-26(17-20-33)25-9-7-6-8-10-25;/h6-15,18,26H,16-17,19-21H2,1-5H3;1H. The van der Waals surface area contributed by atoms with E-state index in [2.05, 4.69) is 105 Å². The monoisotopic (exact) mass is 487 g/mol. The largest absolute Gasteiger partial charge is 0.355 e. The Bertz CT molecular complexity index is 1280. The van der Waals surface area contributed by atoms with Gasteiger partial charge in [-0.15, -0.1) is 12.4 Å². The molecular weight excluding hydrogens is 450 g/mol. The average molecular weight is 488 g/mol. The lowest BCUT2D eigenvalue weighted by atomic mass is 9.87. The van der Waals surface area contributed by atoms with Gasteiger partial charge in [0, 0.05) is 36.9 Å². The van der Waals surface area contributed by atoms with Crippen molar-refractivity contribution in [1.82, 2.24) is 9.55 Å². The molecule has 2 aromatic carbocycles. The van der Waals surface area contributed by atoms with Crippen molar-refractivity contribution in [3.8, 4) is 0 Å². The Labute approximate surface area is 216 Å². The molecule has 184 valence electrons. The lowest BCUT2D eigenvalue weighted by Crippen LogP contribution is -2.33. The summed E-state index contributed by atoms with van der Waals surface area (Å²) in [6.45, 7) is 14.3. The third-order valence-electron chi connectivity index (χ3n) is 7.75. The van der Waals surface area contributed by atoms with Gasteiger partial charge in [0.25, 0.3) is 0 Å². The first-order chi connectivity index (χ1) is 16.3. The second-order valence-electron chi connectivity index (χ2n) is 10.9. The predicted octanol–water partition coefficient (Wildman–Crippen LogP) is 7.80. The van der Waals surface area contributed by atoms with Gasteiger partial charge in [-0.2, -0.15) is 0 Å². The van der Waals surface area contributed by atoms with Gasteiger partial charge in [-0.25, -0.2) is 4.98 Å². The van der Waals surface area contributed by atoms with E-state index in [1.165, 1.54) is 51.7 Å². The lowest BCUT2D eigenvalue weighted by Gasteiger charge is -2.33. The fourth-order valence-electron chi connectivity index (χ4n) is 5.45. The number of rotatable bonds is 4. The van der Waals surface area contributed by atoms with Crippen molar-refractivity contribution in [2.24, 2.45) is 0 Å². The van der Waals surface area contributed by atoms with Gasteiger partial charge in [-0.1, -0.05) is 75.4 Å². The first-order valence-corrected chi connectivity index (χ1v) is 12.7. The number of benzene rings is 2. The summed E-state index contributed by atoms with van der Waals surface area (Å²) < 4.78 is 2.49. The van der Waals surface area contributed by atoms with Crippen LogP contribution in [-0.2, 0) is 12.0 Å². The van der Waals surface area contributed by atoms with E-state index in [1.807, 2.05) is 6.20 Å². The Morgan fingerprint density at radius 2 is 1.54 bits per heavy atom. The van der Waals surface area contributed by atoms with E-state index in [0.717, 1.165) is 25.5 Å². The number of piperidine rings is 1. The molecule has 0 spiro atoms. The molecule has 0 amide bonds. The molecule has 0 aliphatic carbocycles. The smallest absolute Gasteiger partial charge is 0.153 e. The van der Waals surface area contributed by atoms with E-state index < -0.39 is 0 Å². The first-order valence-electron chi connectivity index (χ1n) is 12.7. The van der Waals surface area contributed by atoms with Gasteiger partial charge in [0.2, 0.25) is 0 Å². The van der Waals surface area contributed by atoms with Crippen molar-refractivity contribution >= 4 is 29.1 Å². The van der Waals surface area contributed by atoms with Crippen LogP contribution in [0.25, 0.3) is 10.9 Å². The Hall–Kier alpha value is -2.78. The van der Waals surface area contributed by atoms with Crippen molar-refractivity contribution in [2.45, 2.75) is 65.3 Å². The zero-order valence-corrected chi connectivity index (χ0v) is 22.5. The molecule has 3 heterocycles. The number of nitrogens with zero attached hydrogens (tertiary/aromatic N) is 3. The number of anilines is 1. The van der Waals surface area contributed by atoms with Crippen LogP contribution in [0.5, 0.6) is 0 Å². The normalized spacial score (nSPS) is 14.8. The molecule has 0 N–H and O–H groups in total. The third kappa shape index (κ3) is 4.97. The van der Waals surface area contributed by atoms with Crippen molar-refractivity contribution < 1.29 is 0 Å². The van der Waals surface area contributed by atoms with Crippen molar-refractivity contribution in [3.63, 3.8) is 0 Å². The number of hydrogen-bond acceptors (Lipinski definition) is 2. The van der Waals surface area contributed by atoms with Gasteiger partial charge in [0.15, 0.2) is 5.82 Å². The minimum atomic E-state index is 0. The van der Waals surface area contributed by atoms with E-state index in [1.54, 1.807) is 0 Å². The average Bonchev–Trinajstić information content (AvgIpc) is 3.09. The Balaban J connectivity index is 0.00000289. The molecule has 4 heteroatoms. The van der Waals surface area contributed by atoms with Crippen LogP contribution in [0.3, 0.4) is 0 Å². The second kappa shape index (κ2) is 10.1. The number of halogens is 1. The highest BCUT2D eigenvalue weighted by atomic mass is 35.5. The number of pyridine rings is 1. The fraction of sp³-hybridized carbons (Fsp3) is 0.387. The van der Waals surface area contributed by atoms with Crippen LogP contribution >= 0.6 is 12.4 Å². The number of hydrogen-bond donors (Lipinski definition) is 0. The van der Waals surface area contributed by atoms with Gasteiger partial charge < -0.3 is 9.47 Å². The van der Waals surface area contributed by atoms with Crippen molar-refractivity contribution in [2.75, 3.05) is 18.0 Å². The van der Waals surface area contributed by atoms with Crippen LogP contribution in [0.15, 0.2) is 66.9 Å².